The second-order valence-electron chi connectivity index (χ2n) is 7.67. The molecule has 0 saturated carbocycles. The van der Waals surface area contributed by atoms with E-state index >= 15 is 0 Å². The van der Waals surface area contributed by atoms with Gasteiger partial charge in [-0.3, -0.25) is 13.9 Å². The van der Waals surface area contributed by atoms with Crippen molar-refractivity contribution in [3.05, 3.63) is 59.7 Å². The number of carbonyl (C=O) groups is 2. The number of likely N-dealkylation sites (tertiary alicyclic amines) is 1. The molecule has 3 rings (SSSR count). The number of nitrogens with zero attached hydrogens (tertiary/aromatic N) is 2. The number of carbonyl (C=O) groups excluding carboxylic acids is 2. The molecule has 7 nitrogen and oxygen atoms in total. The standard InChI is InChI=1S/C22H25F2N3O4S/c1-32(30,31)27(16-10-11-18(23)19(24)14-16)15-21(28)25-20-9-5-4-8-17(20)22(29)26-12-6-2-3-7-13-26/h4-5,8-11,14H,2-3,6-7,12-13,15H2,1H3,(H,25,28). The van der Waals surface area contributed by atoms with E-state index in [1.54, 1.807) is 29.2 Å². The van der Waals surface area contributed by atoms with E-state index in [9.17, 15) is 26.8 Å². The van der Waals surface area contributed by atoms with E-state index < -0.39 is 34.1 Å². The average Bonchev–Trinajstić information content (AvgIpc) is 3.03. The second kappa shape index (κ2) is 10.1. The first-order chi connectivity index (χ1) is 15.2. The molecule has 10 heteroatoms. The van der Waals surface area contributed by atoms with Crippen molar-refractivity contribution < 1.29 is 26.8 Å². The average molecular weight is 466 g/mol. The van der Waals surface area contributed by atoms with Crippen LogP contribution < -0.4 is 9.62 Å². The van der Waals surface area contributed by atoms with E-state index in [4.69, 9.17) is 0 Å². The first-order valence-corrected chi connectivity index (χ1v) is 12.1. The van der Waals surface area contributed by atoms with Crippen molar-refractivity contribution in [2.45, 2.75) is 25.7 Å². The summed E-state index contributed by atoms with van der Waals surface area (Å²) in [7, 11) is -3.97. The molecule has 2 amide bonds. The lowest BCUT2D eigenvalue weighted by Gasteiger charge is -2.23. The summed E-state index contributed by atoms with van der Waals surface area (Å²) >= 11 is 0. The predicted molar refractivity (Wildman–Crippen MR) is 118 cm³/mol. The number of sulfonamides is 1. The molecule has 32 heavy (non-hydrogen) atoms. The van der Waals surface area contributed by atoms with Crippen LogP contribution in [0.3, 0.4) is 0 Å². The number of rotatable bonds is 6. The molecule has 2 aromatic carbocycles. The van der Waals surface area contributed by atoms with Gasteiger partial charge in [0.1, 0.15) is 6.54 Å². The van der Waals surface area contributed by atoms with E-state index in [0.717, 1.165) is 44.1 Å². The summed E-state index contributed by atoms with van der Waals surface area (Å²) in [6, 6.07) is 9.07. The molecule has 0 radical (unpaired) electrons. The SMILES string of the molecule is CS(=O)(=O)N(CC(=O)Nc1ccccc1C(=O)N1CCCCCC1)c1ccc(F)c(F)c1. The topological polar surface area (TPSA) is 86.8 Å². The van der Waals surface area contributed by atoms with Gasteiger partial charge in [0.25, 0.3) is 5.91 Å². The third kappa shape index (κ3) is 5.82. The van der Waals surface area contributed by atoms with Crippen LogP contribution in [0.4, 0.5) is 20.2 Å². The fourth-order valence-electron chi connectivity index (χ4n) is 3.58. The quantitative estimate of drug-likeness (QED) is 0.709. The number of hydrogen-bond donors (Lipinski definition) is 1. The Morgan fingerprint density at radius 2 is 1.66 bits per heavy atom. The molecular formula is C22H25F2N3O4S. The summed E-state index contributed by atoms with van der Waals surface area (Å²) in [5.74, 6) is -3.29. The maximum Gasteiger partial charge on any atom is 0.255 e. The van der Waals surface area contributed by atoms with Gasteiger partial charge in [0.2, 0.25) is 15.9 Å². The highest BCUT2D eigenvalue weighted by Gasteiger charge is 2.24. The van der Waals surface area contributed by atoms with Crippen molar-refractivity contribution in [1.82, 2.24) is 4.90 Å². The molecule has 1 saturated heterocycles. The van der Waals surface area contributed by atoms with Crippen molar-refractivity contribution in [2.75, 3.05) is 35.5 Å². The number of nitrogens with one attached hydrogen (secondary N) is 1. The highest BCUT2D eigenvalue weighted by Crippen LogP contribution is 2.22. The number of halogens is 2. The van der Waals surface area contributed by atoms with Crippen LogP contribution in [0.5, 0.6) is 0 Å². The Bertz CT molecular complexity index is 1100. The zero-order chi connectivity index (χ0) is 23.3. The second-order valence-corrected chi connectivity index (χ2v) is 9.58. The molecule has 1 heterocycles. The normalized spacial score (nSPS) is 14.5. The van der Waals surface area contributed by atoms with Crippen LogP contribution in [0, 0.1) is 11.6 Å². The number of benzene rings is 2. The minimum Gasteiger partial charge on any atom is -0.339 e. The molecular weight excluding hydrogens is 440 g/mol. The molecule has 1 fully saturated rings. The minimum atomic E-state index is -3.97. The van der Waals surface area contributed by atoms with Gasteiger partial charge in [-0.25, -0.2) is 17.2 Å². The van der Waals surface area contributed by atoms with Crippen LogP contribution in [0.15, 0.2) is 42.5 Å². The summed E-state index contributed by atoms with van der Waals surface area (Å²) in [6.45, 7) is 0.606. The van der Waals surface area contributed by atoms with Gasteiger partial charge in [0.05, 0.1) is 23.2 Å². The Morgan fingerprint density at radius 1 is 1.00 bits per heavy atom. The zero-order valence-electron chi connectivity index (χ0n) is 17.7. The predicted octanol–water partition coefficient (Wildman–Crippen LogP) is 3.39. The highest BCUT2D eigenvalue weighted by atomic mass is 32.2. The molecule has 1 aliphatic rings. The third-order valence-electron chi connectivity index (χ3n) is 5.20. The molecule has 0 unspecified atom stereocenters. The van der Waals surface area contributed by atoms with Crippen LogP contribution >= 0.6 is 0 Å². The maximum atomic E-state index is 13.6. The molecule has 0 atom stereocenters. The van der Waals surface area contributed by atoms with Crippen molar-refractivity contribution >= 4 is 33.2 Å². The number of hydrogen-bond acceptors (Lipinski definition) is 4. The summed E-state index contributed by atoms with van der Waals surface area (Å²) in [5, 5.41) is 2.58. The van der Waals surface area contributed by atoms with Crippen LogP contribution in [0.25, 0.3) is 0 Å². The van der Waals surface area contributed by atoms with E-state index in [-0.39, 0.29) is 17.3 Å². The van der Waals surface area contributed by atoms with Crippen LogP contribution in [0.1, 0.15) is 36.0 Å². The first-order valence-electron chi connectivity index (χ1n) is 10.3. The third-order valence-corrected chi connectivity index (χ3v) is 6.34. The number of anilines is 2. The largest absolute Gasteiger partial charge is 0.339 e. The van der Waals surface area contributed by atoms with Crippen molar-refractivity contribution in [1.29, 1.82) is 0 Å². The lowest BCUT2D eigenvalue weighted by atomic mass is 10.1. The molecule has 172 valence electrons. The molecule has 0 bridgehead atoms. The van der Waals surface area contributed by atoms with Crippen molar-refractivity contribution in [3.63, 3.8) is 0 Å². The molecule has 0 spiro atoms. The lowest BCUT2D eigenvalue weighted by molar-refractivity contribution is -0.114. The summed E-state index contributed by atoms with van der Waals surface area (Å²) < 4.78 is 51.9. The summed E-state index contributed by atoms with van der Waals surface area (Å²) in [4.78, 5) is 27.5. The molecule has 0 aliphatic carbocycles. The van der Waals surface area contributed by atoms with Gasteiger partial charge in [-0.1, -0.05) is 25.0 Å². The monoisotopic (exact) mass is 465 g/mol. The fourth-order valence-corrected chi connectivity index (χ4v) is 4.43. The van der Waals surface area contributed by atoms with Crippen LogP contribution in [-0.4, -0.2) is 51.0 Å². The van der Waals surface area contributed by atoms with Crippen LogP contribution in [-0.2, 0) is 14.8 Å². The Morgan fingerprint density at radius 3 is 2.28 bits per heavy atom. The van der Waals surface area contributed by atoms with E-state index in [0.29, 0.717) is 29.0 Å². The van der Waals surface area contributed by atoms with Crippen molar-refractivity contribution in [2.24, 2.45) is 0 Å². The maximum absolute atomic E-state index is 13.6. The molecule has 1 aliphatic heterocycles. The summed E-state index contributed by atoms with van der Waals surface area (Å²) in [5.41, 5.74) is 0.377. The van der Waals surface area contributed by atoms with Gasteiger partial charge >= 0.3 is 0 Å². The van der Waals surface area contributed by atoms with E-state index in [2.05, 4.69) is 5.32 Å². The Labute approximate surface area is 186 Å². The number of para-hydroxylation sites is 1. The van der Waals surface area contributed by atoms with E-state index in [1.165, 1.54) is 0 Å². The summed E-state index contributed by atoms with van der Waals surface area (Å²) in [6.07, 6.45) is 4.81. The number of amides is 2. The Balaban J connectivity index is 1.80. The Hall–Kier alpha value is -3.01. The first kappa shape index (κ1) is 23.6. The van der Waals surface area contributed by atoms with Gasteiger partial charge in [-0.15, -0.1) is 0 Å². The van der Waals surface area contributed by atoms with Gasteiger partial charge < -0.3 is 10.2 Å². The van der Waals surface area contributed by atoms with Gasteiger partial charge in [0, 0.05) is 19.2 Å². The van der Waals surface area contributed by atoms with Crippen molar-refractivity contribution in [3.8, 4) is 0 Å². The fraction of sp³-hybridized carbons (Fsp3) is 0.364. The van der Waals surface area contributed by atoms with Gasteiger partial charge in [-0.05, 0) is 37.1 Å². The van der Waals surface area contributed by atoms with Gasteiger partial charge in [0.15, 0.2) is 11.6 Å². The molecule has 2 aromatic rings. The minimum absolute atomic E-state index is 0.185. The Kier molecular flexibility index (Phi) is 7.44. The highest BCUT2D eigenvalue weighted by molar-refractivity contribution is 7.92. The van der Waals surface area contributed by atoms with Gasteiger partial charge in [-0.2, -0.15) is 0 Å². The molecule has 0 aromatic heterocycles. The van der Waals surface area contributed by atoms with E-state index in [1.807, 2.05) is 0 Å². The lowest BCUT2D eigenvalue weighted by Crippen LogP contribution is -2.38. The zero-order valence-corrected chi connectivity index (χ0v) is 18.5. The van der Waals surface area contributed by atoms with Crippen LogP contribution in [0.2, 0.25) is 0 Å². The smallest absolute Gasteiger partial charge is 0.255 e. The molecule has 1 N–H and O–H groups in total.